The van der Waals surface area contributed by atoms with E-state index < -0.39 is 0 Å². The molecule has 1 amide bonds. The standard InChI is InChI=1S/C18H16FN3O2S/c19-15-9-5-4-8-14(15)11-25-12-16(23)20-10-17-21-18(22-24-17)13-6-2-1-3-7-13/h1-9H,10-12H2,(H,20,23). The number of rotatable bonds is 7. The molecule has 0 fully saturated rings. The summed E-state index contributed by atoms with van der Waals surface area (Å²) >= 11 is 1.35. The molecule has 0 saturated carbocycles. The Balaban J connectivity index is 1.44. The number of carbonyl (C=O) groups excluding carboxylic acids is 1. The molecule has 7 heteroatoms. The van der Waals surface area contributed by atoms with Gasteiger partial charge in [-0.1, -0.05) is 53.7 Å². The fraction of sp³-hybridized carbons (Fsp3) is 0.167. The van der Waals surface area contributed by atoms with Gasteiger partial charge < -0.3 is 9.84 Å². The Labute approximate surface area is 148 Å². The lowest BCUT2D eigenvalue weighted by Crippen LogP contribution is -2.24. The van der Waals surface area contributed by atoms with E-state index in [-0.39, 0.29) is 24.0 Å². The van der Waals surface area contributed by atoms with E-state index in [9.17, 15) is 9.18 Å². The molecule has 1 aromatic heterocycles. The molecule has 2 aromatic carbocycles. The van der Waals surface area contributed by atoms with E-state index in [1.54, 1.807) is 18.2 Å². The molecule has 3 aromatic rings. The van der Waals surface area contributed by atoms with Crippen LogP contribution in [-0.2, 0) is 17.1 Å². The van der Waals surface area contributed by atoms with Gasteiger partial charge in [0.2, 0.25) is 17.6 Å². The summed E-state index contributed by atoms with van der Waals surface area (Å²) in [4.78, 5) is 16.1. The fourth-order valence-electron chi connectivity index (χ4n) is 2.13. The first-order valence-electron chi connectivity index (χ1n) is 7.68. The largest absolute Gasteiger partial charge is 0.346 e. The molecule has 0 radical (unpaired) electrons. The molecule has 0 unspecified atom stereocenters. The van der Waals surface area contributed by atoms with Crippen LogP contribution in [0, 0.1) is 5.82 Å². The number of benzene rings is 2. The summed E-state index contributed by atoms with van der Waals surface area (Å²) in [6.45, 7) is 0.166. The van der Waals surface area contributed by atoms with Gasteiger partial charge in [-0.15, -0.1) is 11.8 Å². The van der Waals surface area contributed by atoms with Gasteiger partial charge in [0.1, 0.15) is 5.82 Å². The van der Waals surface area contributed by atoms with Gasteiger partial charge in [-0.25, -0.2) is 4.39 Å². The molecule has 25 heavy (non-hydrogen) atoms. The smallest absolute Gasteiger partial charge is 0.246 e. The SMILES string of the molecule is O=C(CSCc1ccccc1F)NCc1nc(-c2ccccc2)no1. The second-order valence-electron chi connectivity index (χ2n) is 5.24. The highest BCUT2D eigenvalue weighted by Gasteiger charge is 2.10. The number of thioether (sulfide) groups is 1. The normalized spacial score (nSPS) is 10.6. The lowest BCUT2D eigenvalue weighted by molar-refractivity contribution is -0.118. The third kappa shape index (κ3) is 4.90. The summed E-state index contributed by atoms with van der Waals surface area (Å²) in [5, 5.41) is 6.61. The highest BCUT2D eigenvalue weighted by Crippen LogP contribution is 2.16. The van der Waals surface area contributed by atoms with Crippen molar-refractivity contribution in [2.24, 2.45) is 0 Å². The number of hydrogen-bond acceptors (Lipinski definition) is 5. The molecule has 1 heterocycles. The molecule has 0 saturated heterocycles. The Bertz CT molecular complexity index is 839. The number of amides is 1. The van der Waals surface area contributed by atoms with Gasteiger partial charge in [-0.05, 0) is 11.6 Å². The van der Waals surface area contributed by atoms with Crippen LogP contribution in [0.25, 0.3) is 11.4 Å². The summed E-state index contributed by atoms with van der Waals surface area (Å²) in [6, 6.07) is 16.0. The van der Waals surface area contributed by atoms with E-state index in [2.05, 4.69) is 15.5 Å². The Morgan fingerprint density at radius 1 is 1.12 bits per heavy atom. The van der Waals surface area contributed by atoms with Gasteiger partial charge in [0.05, 0.1) is 12.3 Å². The van der Waals surface area contributed by atoms with Gasteiger partial charge in [0.15, 0.2) is 0 Å². The lowest BCUT2D eigenvalue weighted by atomic mass is 10.2. The summed E-state index contributed by atoms with van der Waals surface area (Å²) in [6.07, 6.45) is 0. The Hall–Kier alpha value is -2.67. The van der Waals surface area contributed by atoms with Gasteiger partial charge >= 0.3 is 0 Å². The summed E-state index contributed by atoms with van der Waals surface area (Å²) in [5.41, 5.74) is 1.44. The van der Waals surface area contributed by atoms with Crippen molar-refractivity contribution < 1.29 is 13.7 Å². The monoisotopic (exact) mass is 357 g/mol. The zero-order valence-corrected chi connectivity index (χ0v) is 14.1. The van der Waals surface area contributed by atoms with Crippen LogP contribution in [0.3, 0.4) is 0 Å². The van der Waals surface area contributed by atoms with E-state index >= 15 is 0 Å². The van der Waals surface area contributed by atoms with Crippen LogP contribution in [0.2, 0.25) is 0 Å². The molecule has 0 spiro atoms. The maximum atomic E-state index is 13.5. The first kappa shape index (κ1) is 17.2. The molecule has 1 N–H and O–H groups in total. The third-order valence-corrected chi connectivity index (χ3v) is 4.37. The molecule has 0 bridgehead atoms. The predicted molar refractivity (Wildman–Crippen MR) is 94.1 cm³/mol. The minimum atomic E-state index is -0.255. The number of aromatic nitrogens is 2. The predicted octanol–water partition coefficient (Wildman–Crippen LogP) is 3.43. The number of hydrogen-bond donors (Lipinski definition) is 1. The molecule has 5 nitrogen and oxygen atoms in total. The van der Waals surface area contributed by atoms with Gasteiger partial charge in [-0.2, -0.15) is 4.98 Å². The van der Waals surface area contributed by atoms with Crippen molar-refractivity contribution in [3.05, 3.63) is 71.9 Å². The molecule has 3 rings (SSSR count). The maximum absolute atomic E-state index is 13.5. The summed E-state index contributed by atoms with van der Waals surface area (Å²) in [5.74, 6) is 1.08. The number of nitrogens with one attached hydrogen (secondary N) is 1. The van der Waals surface area contributed by atoms with Crippen LogP contribution >= 0.6 is 11.8 Å². The quantitative estimate of drug-likeness (QED) is 0.702. The Morgan fingerprint density at radius 2 is 1.88 bits per heavy atom. The second-order valence-corrected chi connectivity index (χ2v) is 6.22. The van der Waals surface area contributed by atoms with Crippen LogP contribution in [0.1, 0.15) is 11.5 Å². The third-order valence-electron chi connectivity index (χ3n) is 3.39. The first-order valence-corrected chi connectivity index (χ1v) is 8.83. The second kappa shape index (κ2) is 8.43. The molecular weight excluding hydrogens is 341 g/mol. The van der Waals surface area contributed by atoms with Crippen molar-refractivity contribution in [1.82, 2.24) is 15.5 Å². The fourth-order valence-corrected chi connectivity index (χ4v) is 2.97. The average molecular weight is 357 g/mol. The maximum Gasteiger partial charge on any atom is 0.246 e. The first-order chi connectivity index (χ1) is 12.2. The van der Waals surface area contributed by atoms with Crippen molar-refractivity contribution >= 4 is 17.7 Å². The van der Waals surface area contributed by atoms with Gasteiger partial charge in [0.25, 0.3) is 0 Å². The number of nitrogens with zero attached hydrogens (tertiary/aromatic N) is 2. The van der Waals surface area contributed by atoms with Crippen LogP contribution in [0.5, 0.6) is 0 Å². The van der Waals surface area contributed by atoms with E-state index in [0.29, 0.717) is 23.0 Å². The topological polar surface area (TPSA) is 68.0 Å². The molecule has 128 valence electrons. The zero-order chi connectivity index (χ0) is 17.5. The van der Waals surface area contributed by atoms with Crippen molar-refractivity contribution in [2.45, 2.75) is 12.3 Å². The van der Waals surface area contributed by atoms with Crippen molar-refractivity contribution in [3.8, 4) is 11.4 Å². The number of carbonyl (C=O) groups is 1. The Morgan fingerprint density at radius 3 is 2.68 bits per heavy atom. The highest BCUT2D eigenvalue weighted by atomic mass is 32.2. The van der Waals surface area contributed by atoms with Crippen molar-refractivity contribution in [1.29, 1.82) is 0 Å². The molecule has 0 aliphatic heterocycles. The summed E-state index contributed by atoms with van der Waals surface area (Å²) in [7, 11) is 0. The zero-order valence-electron chi connectivity index (χ0n) is 13.3. The van der Waals surface area contributed by atoms with Crippen molar-refractivity contribution in [3.63, 3.8) is 0 Å². The molecule has 0 atom stereocenters. The van der Waals surface area contributed by atoms with E-state index in [1.807, 2.05) is 30.3 Å². The van der Waals surface area contributed by atoms with Gasteiger partial charge in [-0.3, -0.25) is 4.79 Å². The lowest BCUT2D eigenvalue weighted by Gasteiger charge is -2.04. The minimum Gasteiger partial charge on any atom is -0.346 e. The van der Waals surface area contributed by atoms with Gasteiger partial charge in [0, 0.05) is 11.3 Å². The molecular formula is C18H16FN3O2S. The average Bonchev–Trinajstić information content (AvgIpc) is 3.11. The molecule has 0 aliphatic carbocycles. The van der Waals surface area contributed by atoms with E-state index in [4.69, 9.17) is 4.52 Å². The molecule has 0 aliphatic rings. The Kier molecular flexibility index (Phi) is 5.79. The van der Waals surface area contributed by atoms with E-state index in [0.717, 1.165) is 5.56 Å². The van der Waals surface area contributed by atoms with Crippen LogP contribution in [0.4, 0.5) is 4.39 Å². The van der Waals surface area contributed by atoms with Crippen LogP contribution in [-0.4, -0.2) is 21.8 Å². The highest BCUT2D eigenvalue weighted by molar-refractivity contribution is 7.99. The van der Waals surface area contributed by atoms with Crippen LogP contribution in [0.15, 0.2) is 59.1 Å². The van der Waals surface area contributed by atoms with Crippen LogP contribution < -0.4 is 5.32 Å². The summed E-state index contributed by atoms with van der Waals surface area (Å²) < 4.78 is 18.6. The van der Waals surface area contributed by atoms with Crippen molar-refractivity contribution in [2.75, 3.05) is 5.75 Å². The van der Waals surface area contributed by atoms with E-state index in [1.165, 1.54) is 17.8 Å². The number of halogens is 1. The minimum absolute atomic E-state index is 0.166.